The molecule has 3 aromatic rings. The second-order valence-corrected chi connectivity index (χ2v) is 6.96. The van der Waals surface area contributed by atoms with E-state index in [1.54, 1.807) is 35.4 Å². The van der Waals surface area contributed by atoms with Crippen LogP contribution in [0.2, 0.25) is 0 Å². The summed E-state index contributed by atoms with van der Waals surface area (Å²) in [5, 5.41) is 0.946. The summed E-state index contributed by atoms with van der Waals surface area (Å²) < 4.78 is 29.7. The van der Waals surface area contributed by atoms with Gasteiger partial charge in [-0.2, -0.15) is 8.78 Å². The summed E-state index contributed by atoms with van der Waals surface area (Å²) >= 11 is 1.60. The van der Waals surface area contributed by atoms with Crippen molar-refractivity contribution in [2.75, 3.05) is 7.05 Å². The van der Waals surface area contributed by atoms with Crippen molar-refractivity contribution in [3.05, 3.63) is 59.1 Å². The molecule has 136 valence electrons. The van der Waals surface area contributed by atoms with Gasteiger partial charge in [0, 0.05) is 26.4 Å². The van der Waals surface area contributed by atoms with Gasteiger partial charge in [0.05, 0.1) is 15.2 Å². The normalized spacial score (nSPS) is 11.1. The van der Waals surface area contributed by atoms with Crippen LogP contribution >= 0.6 is 11.3 Å². The average Bonchev–Trinajstić information content (AvgIpc) is 3.03. The van der Waals surface area contributed by atoms with Crippen molar-refractivity contribution >= 4 is 27.5 Å². The lowest BCUT2D eigenvalue weighted by Crippen LogP contribution is -2.26. The first kappa shape index (κ1) is 18.3. The van der Waals surface area contributed by atoms with Crippen LogP contribution in [0, 0.1) is 0 Å². The van der Waals surface area contributed by atoms with Crippen LogP contribution in [-0.4, -0.2) is 29.5 Å². The van der Waals surface area contributed by atoms with Crippen LogP contribution < -0.4 is 4.74 Å². The molecule has 3 rings (SSSR count). The van der Waals surface area contributed by atoms with Crippen molar-refractivity contribution in [3.63, 3.8) is 0 Å². The van der Waals surface area contributed by atoms with E-state index in [1.165, 1.54) is 12.1 Å². The Bertz CT molecular complexity index is 848. The van der Waals surface area contributed by atoms with Gasteiger partial charge in [0.2, 0.25) is 5.91 Å². The quantitative estimate of drug-likeness (QED) is 0.610. The summed E-state index contributed by atoms with van der Waals surface area (Å²) in [5.74, 6) is 0.116. The van der Waals surface area contributed by atoms with E-state index in [-0.39, 0.29) is 11.7 Å². The number of hydrogen-bond donors (Lipinski definition) is 0. The number of fused-ring (bicyclic) bond motifs is 1. The minimum Gasteiger partial charge on any atom is -0.435 e. The van der Waals surface area contributed by atoms with Gasteiger partial charge in [-0.3, -0.25) is 4.79 Å². The topological polar surface area (TPSA) is 42.4 Å². The zero-order chi connectivity index (χ0) is 18.5. The number of hydrogen-bond acceptors (Lipinski definition) is 4. The van der Waals surface area contributed by atoms with Crippen LogP contribution in [0.25, 0.3) is 10.2 Å². The van der Waals surface area contributed by atoms with Crippen molar-refractivity contribution in [2.45, 2.75) is 26.0 Å². The third-order valence-electron chi connectivity index (χ3n) is 3.88. The molecule has 0 spiro atoms. The highest BCUT2D eigenvalue weighted by Gasteiger charge is 2.12. The van der Waals surface area contributed by atoms with Crippen LogP contribution in [-0.2, 0) is 17.8 Å². The van der Waals surface area contributed by atoms with Crippen molar-refractivity contribution in [1.82, 2.24) is 9.88 Å². The lowest BCUT2D eigenvalue weighted by molar-refractivity contribution is -0.130. The summed E-state index contributed by atoms with van der Waals surface area (Å²) in [7, 11) is 1.73. The number of ether oxygens (including phenoxy) is 1. The van der Waals surface area contributed by atoms with Crippen molar-refractivity contribution in [1.29, 1.82) is 0 Å². The highest BCUT2D eigenvalue weighted by Crippen LogP contribution is 2.22. The molecule has 0 aliphatic heterocycles. The predicted octanol–water partition coefficient (Wildman–Crippen LogP) is 4.49. The van der Waals surface area contributed by atoms with Crippen LogP contribution in [0.4, 0.5) is 8.78 Å². The van der Waals surface area contributed by atoms with E-state index in [0.29, 0.717) is 19.4 Å². The van der Waals surface area contributed by atoms with Gasteiger partial charge >= 0.3 is 6.61 Å². The summed E-state index contributed by atoms with van der Waals surface area (Å²) in [6.07, 6.45) is 0.979. The Hall–Kier alpha value is -2.54. The SMILES string of the molecule is CN(Cc1ccc(OC(F)F)cc1)C(=O)CCc1nc2ccccc2s1. The first-order chi connectivity index (χ1) is 12.5. The number of nitrogens with zero attached hydrogens (tertiary/aromatic N) is 2. The van der Waals surface area contributed by atoms with Crippen molar-refractivity contribution in [2.24, 2.45) is 0 Å². The Morgan fingerprint density at radius 2 is 1.92 bits per heavy atom. The summed E-state index contributed by atoms with van der Waals surface area (Å²) in [4.78, 5) is 18.5. The van der Waals surface area contributed by atoms with E-state index in [2.05, 4.69) is 9.72 Å². The Morgan fingerprint density at radius 1 is 1.19 bits per heavy atom. The molecule has 0 fully saturated rings. The highest BCUT2D eigenvalue weighted by atomic mass is 32.1. The fourth-order valence-electron chi connectivity index (χ4n) is 2.57. The predicted molar refractivity (Wildman–Crippen MR) is 97.5 cm³/mol. The molecule has 0 unspecified atom stereocenters. The Labute approximate surface area is 154 Å². The van der Waals surface area contributed by atoms with Crippen LogP contribution in [0.3, 0.4) is 0 Å². The fraction of sp³-hybridized carbons (Fsp3) is 0.263. The smallest absolute Gasteiger partial charge is 0.387 e. The Balaban J connectivity index is 1.52. The first-order valence-electron chi connectivity index (χ1n) is 8.13. The molecule has 1 heterocycles. The number of halogens is 2. The van der Waals surface area contributed by atoms with Crippen molar-refractivity contribution in [3.8, 4) is 5.75 Å². The number of amides is 1. The number of benzene rings is 2. The van der Waals surface area contributed by atoms with E-state index in [1.807, 2.05) is 24.3 Å². The number of aryl methyl sites for hydroxylation is 1. The largest absolute Gasteiger partial charge is 0.435 e. The zero-order valence-corrected chi connectivity index (χ0v) is 15.0. The molecule has 0 aliphatic carbocycles. The molecule has 0 N–H and O–H groups in total. The van der Waals surface area contributed by atoms with Gasteiger partial charge < -0.3 is 9.64 Å². The van der Waals surface area contributed by atoms with Gasteiger partial charge in [-0.15, -0.1) is 11.3 Å². The van der Waals surface area contributed by atoms with E-state index in [0.717, 1.165) is 20.8 Å². The van der Waals surface area contributed by atoms with E-state index < -0.39 is 6.61 Å². The molecule has 26 heavy (non-hydrogen) atoms. The highest BCUT2D eigenvalue weighted by molar-refractivity contribution is 7.18. The Morgan fingerprint density at radius 3 is 2.62 bits per heavy atom. The first-order valence-corrected chi connectivity index (χ1v) is 8.95. The van der Waals surface area contributed by atoms with Gasteiger partial charge in [0.1, 0.15) is 5.75 Å². The van der Waals surface area contributed by atoms with E-state index >= 15 is 0 Å². The molecular formula is C19H18F2N2O2S. The van der Waals surface area contributed by atoms with Gasteiger partial charge in [-0.05, 0) is 29.8 Å². The minimum absolute atomic E-state index is 0.0113. The molecule has 0 atom stereocenters. The maximum atomic E-state index is 12.3. The summed E-state index contributed by atoms with van der Waals surface area (Å²) in [6, 6.07) is 14.2. The van der Waals surface area contributed by atoms with Gasteiger partial charge in [0.15, 0.2) is 0 Å². The maximum Gasteiger partial charge on any atom is 0.387 e. The standard InChI is InChI=1S/C19H18F2N2O2S/c1-23(12-13-6-8-14(9-7-13)25-19(20)21)18(24)11-10-17-22-15-4-2-3-5-16(15)26-17/h2-9,19H,10-12H2,1H3. The molecule has 1 aromatic heterocycles. The van der Waals surface area contributed by atoms with Gasteiger partial charge in [0.25, 0.3) is 0 Å². The molecule has 4 nitrogen and oxygen atoms in total. The fourth-order valence-corrected chi connectivity index (χ4v) is 3.54. The lowest BCUT2D eigenvalue weighted by Gasteiger charge is -2.17. The molecule has 0 saturated carbocycles. The van der Waals surface area contributed by atoms with E-state index in [9.17, 15) is 13.6 Å². The molecule has 1 amide bonds. The molecule has 7 heteroatoms. The number of para-hydroxylation sites is 1. The summed E-state index contributed by atoms with van der Waals surface area (Å²) in [5.41, 5.74) is 1.81. The second-order valence-electron chi connectivity index (χ2n) is 5.85. The number of carbonyl (C=O) groups is 1. The number of thiazole rings is 1. The molecule has 0 aliphatic rings. The van der Waals surface area contributed by atoms with Crippen molar-refractivity contribution < 1.29 is 18.3 Å². The number of aromatic nitrogens is 1. The third-order valence-corrected chi connectivity index (χ3v) is 4.98. The molecule has 0 bridgehead atoms. The third kappa shape index (κ3) is 4.76. The second kappa shape index (κ2) is 8.23. The average molecular weight is 376 g/mol. The van der Waals surface area contributed by atoms with Gasteiger partial charge in [-0.1, -0.05) is 24.3 Å². The zero-order valence-electron chi connectivity index (χ0n) is 14.2. The molecular weight excluding hydrogens is 358 g/mol. The Kier molecular flexibility index (Phi) is 5.78. The number of alkyl halides is 2. The van der Waals surface area contributed by atoms with Crippen LogP contribution in [0.15, 0.2) is 48.5 Å². The lowest BCUT2D eigenvalue weighted by atomic mass is 10.2. The number of carbonyl (C=O) groups excluding carboxylic acids is 1. The number of rotatable bonds is 7. The molecule has 0 saturated heterocycles. The molecule has 2 aromatic carbocycles. The molecule has 0 radical (unpaired) electrons. The monoisotopic (exact) mass is 376 g/mol. The minimum atomic E-state index is -2.84. The summed E-state index contributed by atoms with van der Waals surface area (Å²) in [6.45, 7) is -2.43. The van der Waals surface area contributed by atoms with E-state index in [4.69, 9.17) is 0 Å². The van der Waals surface area contributed by atoms with Crippen LogP contribution in [0.1, 0.15) is 17.0 Å². The van der Waals surface area contributed by atoms with Crippen LogP contribution in [0.5, 0.6) is 5.75 Å². The van der Waals surface area contributed by atoms with Gasteiger partial charge in [-0.25, -0.2) is 4.98 Å². The maximum absolute atomic E-state index is 12.3.